The number of nitro groups is 1. The van der Waals surface area contributed by atoms with Crippen molar-refractivity contribution in [3.05, 3.63) is 171 Å². The first-order chi connectivity index (χ1) is 32.2. The Bertz CT molecular complexity index is 2190. The number of aromatic nitrogens is 2. The lowest BCUT2D eigenvalue weighted by molar-refractivity contribution is -0.384. The summed E-state index contributed by atoms with van der Waals surface area (Å²) >= 11 is 0. The van der Waals surface area contributed by atoms with E-state index in [1.54, 1.807) is 44.9 Å². The second kappa shape index (κ2) is 37.3. The number of unbranched alkanes of at least 4 members (excludes halogenated alkanes) is 2. The van der Waals surface area contributed by atoms with Gasteiger partial charge in [-0.05, 0) is 103 Å². The van der Waals surface area contributed by atoms with Crippen LogP contribution in [0.3, 0.4) is 0 Å². The van der Waals surface area contributed by atoms with Gasteiger partial charge in [0.1, 0.15) is 17.1 Å². The molecule has 0 aliphatic heterocycles. The average molecular weight is 926 g/mol. The van der Waals surface area contributed by atoms with E-state index in [1.165, 1.54) is 60.2 Å². The van der Waals surface area contributed by atoms with Crippen molar-refractivity contribution in [3.63, 3.8) is 0 Å². The molecule has 366 valence electrons. The maximum Gasteiger partial charge on any atom is 0.339 e. The van der Waals surface area contributed by atoms with Crippen molar-refractivity contribution in [2.45, 2.75) is 119 Å². The van der Waals surface area contributed by atoms with Crippen LogP contribution < -0.4 is 9.47 Å². The van der Waals surface area contributed by atoms with Gasteiger partial charge in [0.15, 0.2) is 11.5 Å². The fraction of sp³-hybridized carbons (Fsp3) is 0.389. The zero-order valence-corrected chi connectivity index (χ0v) is 41.4. The molecule has 0 aliphatic rings. The van der Waals surface area contributed by atoms with Crippen LogP contribution in [0.15, 0.2) is 126 Å². The molecule has 6 aromatic rings. The predicted molar refractivity (Wildman–Crippen MR) is 269 cm³/mol. The first kappa shape index (κ1) is 60.1. The average Bonchev–Trinajstić information content (AvgIpc) is 4.06. The maximum atomic E-state index is 10.5. The van der Waals surface area contributed by atoms with Crippen LogP contribution in [0.4, 0.5) is 5.69 Å². The highest BCUT2D eigenvalue weighted by molar-refractivity contribution is 5.90. The third-order valence-corrected chi connectivity index (χ3v) is 9.74. The van der Waals surface area contributed by atoms with Gasteiger partial charge >= 0.3 is 11.9 Å². The number of aryl methyl sites for hydroxylation is 7. The number of imidazole rings is 1. The summed E-state index contributed by atoms with van der Waals surface area (Å²) in [5.41, 5.74) is 6.13. The lowest BCUT2D eigenvalue weighted by Gasteiger charge is -2.07. The first-order valence-electron chi connectivity index (χ1n) is 22.9. The van der Waals surface area contributed by atoms with E-state index in [0.29, 0.717) is 6.42 Å². The fourth-order valence-electron chi connectivity index (χ4n) is 5.51. The zero-order valence-electron chi connectivity index (χ0n) is 41.4. The van der Waals surface area contributed by atoms with Gasteiger partial charge in [-0.25, -0.2) is 9.78 Å². The minimum Gasteiger partial charge on any atom is -0.507 e. The number of aliphatic carboxylic acids is 1. The Balaban J connectivity index is 0.000000766. The molecular formula is C54H75N3O10. The lowest BCUT2D eigenvalue weighted by Crippen LogP contribution is -1.97. The molecular weight excluding hydrogens is 851 g/mol. The molecule has 0 radical (unpaired) electrons. The summed E-state index contributed by atoms with van der Waals surface area (Å²) in [4.78, 5) is 34.2. The number of aromatic hydroxyl groups is 1. The monoisotopic (exact) mass is 926 g/mol. The van der Waals surface area contributed by atoms with E-state index in [1.807, 2.05) is 69.0 Å². The molecule has 0 atom stereocenters. The number of hydrogen-bond donors (Lipinski definition) is 3. The van der Waals surface area contributed by atoms with Gasteiger partial charge < -0.3 is 33.8 Å². The molecule has 2 heterocycles. The number of carboxylic acid groups (broad SMARTS) is 2. The van der Waals surface area contributed by atoms with Crippen LogP contribution in [0, 0.1) is 10.1 Å². The van der Waals surface area contributed by atoms with Gasteiger partial charge in [-0.2, -0.15) is 0 Å². The number of ether oxygens (including phenoxy) is 2. The van der Waals surface area contributed by atoms with Gasteiger partial charge in [0.2, 0.25) is 0 Å². The highest BCUT2D eigenvalue weighted by atomic mass is 16.6. The van der Waals surface area contributed by atoms with E-state index in [9.17, 15) is 19.7 Å². The maximum absolute atomic E-state index is 10.5. The van der Waals surface area contributed by atoms with Crippen LogP contribution >= 0.6 is 0 Å². The van der Waals surface area contributed by atoms with Gasteiger partial charge in [0.25, 0.3) is 5.69 Å². The van der Waals surface area contributed by atoms with E-state index in [0.717, 1.165) is 73.4 Å². The normalized spacial score (nSPS) is 9.52. The van der Waals surface area contributed by atoms with Crippen LogP contribution in [-0.2, 0) is 50.4 Å². The number of carbonyl (C=O) groups is 2. The number of rotatable bonds is 15. The number of furan rings is 1. The van der Waals surface area contributed by atoms with Gasteiger partial charge in [0, 0.05) is 44.4 Å². The number of benzene rings is 4. The Morgan fingerprint density at radius 3 is 1.66 bits per heavy atom. The van der Waals surface area contributed by atoms with Crippen molar-refractivity contribution >= 4 is 17.6 Å². The molecule has 0 fully saturated rings. The number of phenols is 1. The number of hydrogen-bond acceptors (Lipinski definition) is 9. The molecule has 0 amide bonds. The molecule has 6 rings (SSSR count). The van der Waals surface area contributed by atoms with Crippen LogP contribution in [0.5, 0.6) is 17.2 Å². The van der Waals surface area contributed by atoms with Crippen LogP contribution in [0.25, 0.3) is 0 Å². The van der Waals surface area contributed by atoms with Gasteiger partial charge in [-0.1, -0.05) is 116 Å². The number of methoxy groups -OCH3 is 2. The second-order valence-electron chi connectivity index (χ2n) is 14.7. The van der Waals surface area contributed by atoms with Gasteiger partial charge in [-0.3, -0.25) is 14.9 Å². The highest BCUT2D eigenvalue weighted by Crippen LogP contribution is 2.27. The van der Waals surface area contributed by atoms with E-state index >= 15 is 0 Å². The lowest BCUT2D eigenvalue weighted by atomic mass is 10.1. The van der Waals surface area contributed by atoms with E-state index in [4.69, 9.17) is 29.2 Å². The Hall–Kier alpha value is -6.89. The summed E-state index contributed by atoms with van der Waals surface area (Å²) in [7, 11) is 5.30. The number of aromatic carboxylic acids is 1. The Morgan fingerprint density at radius 1 is 0.687 bits per heavy atom. The Kier molecular flexibility index (Phi) is 33.5. The quantitative estimate of drug-likeness (QED) is 0.0657. The van der Waals surface area contributed by atoms with E-state index in [-0.39, 0.29) is 21.9 Å². The van der Waals surface area contributed by atoms with Gasteiger partial charge in [-0.15, -0.1) is 0 Å². The van der Waals surface area contributed by atoms with Gasteiger partial charge in [0.05, 0.1) is 31.7 Å². The highest BCUT2D eigenvalue weighted by Gasteiger charge is 2.09. The van der Waals surface area contributed by atoms with E-state index in [2.05, 4.69) is 63.0 Å². The van der Waals surface area contributed by atoms with Crippen molar-refractivity contribution in [2.24, 2.45) is 7.05 Å². The molecule has 0 saturated heterocycles. The molecule has 0 aliphatic carbocycles. The molecule has 0 bridgehead atoms. The number of nitro benzene ring substituents is 1. The summed E-state index contributed by atoms with van der Waals surface area (Å²) < 4.78 is 17.1. The summed E-state index contributed by atoms with van der Waals surface area (Å²) in [5.74, 6) is 0.765. The third kappa shape index (κ3) is 27.3. The zero-order chi connectivity index (χ0) is 50.4. The van der Waals surface area contributed by atoms with Crippen molar-refractivity contribution in [1.29, 1.82) is 0 Å². The summed E-state index contributed by atoms with van der Waals surface area (Å²) in [6, 6.07) is 29.8. The predicted octanol–water partition coefficient (Wildman–Crippen LogP) is 13.2. The van der Waals surface area contributed by atoms with Crippen LogP contribution in [-0.4, -0.2) is 56.0 Å². The standard InChI is InChI=1S/C10H14O2.C10H14.C9H10O3.C8H9NO2.C6H10N2.C6H8O.C5H10O2/c1-4-8-5-6-9(11-2)10(7-8)12-3;1-2-3-7-10-8-5-4-6-9-10;1-2-6-3-4-8(10)7(5-6)9(11)12;1-2-7-3-5-8(6-4-7)9(10)11;1-3-6-7-4-5-8(6)2;1-2-6-3-4-7-5-6;1-2-3-4-5(6)7/h5-7H,4H2,1-3H3;4-6,8-9H,2-3,7H2,1H3;3-5,10H,2H2,1H3,(H,11,12);3-6H,2H2,1H3;4-5H,3H2,1-2H3;3-5H,2H2,1H3;2-4H2,1H3,(H,6,7). The molecule has 67 heavy (non-hydrogen) atoms. The largest absolute Gasteiger partial charge is 0.507 e. The van der Waals surface area contributed by atoms with Crippen LogP contribution in [0.1, 0.15) is 125 Å². The van der Waals surface area contributed by atoms with E-state index < -0.39 is 11.9 Å². The topological polar surface area (TPSA) is 187 Å². The number of non-ortho nitro benzene ring substituents is 1. The van der Waals surface area contributed by atoms with Crippen molar-refractivity contribution < 1.29 is 43.7 Å². The fourth-order valence-corrected chi connectivity index (χ4v) is 5.51. The minimum absolute atomic E-state index is 0.0330. The van der Waals surface area contributed by atoms with Crippen molar-refractivity contribution in [1.82, 2.24) is 9.55 Å². The van der Waals surface area contributed by atoms with Crippen LogP contribution in [0.2, 0.25) is 0 Å². The van der Waals surface area contributed by atoms with Crippen molar-refractivity contribution in [3.8, 4) is 17.2 Å². The summed E-state index contributed by atoms with van der Waals surface area (Å²) in [6.45, 7) is 14.5. The molecule has 13 nitrogen and oxygen atoms in total. The molecule has 13 heteroatoms. The number of carboxylic acids is 2. The molecule has 0 spiro atoms. The summed E-state index contributed by atoms with van der Waals surface area (Å²) in [5, 5.41) is 36.0. The van der Waals surface area contributed by atoms with Crippen molar-refractivity contribution in [2.75, 3.05) is 14.2 Å². The Labute approximate surface area is 398 Å². The molecule has 2 aromatic heterocycles. The molecule has 3 N–H and O–H groups in total. The second-order valence-corrected chi connectivity index (χ2v) is 14.7. The first-order valence-corrected chi connectivity index (χ1v) is 22.9. The number of nitrogens with zero attached hydrogens (tertiary/aromatic N) is 3. The Morgan fingerprint density at radius 2 is 1.25 bits per heavy atom. The smallest absolute Gasteiger partial charge is 0.339 e. The molecule has 4 aromatic carbocycles. The SMILES string of the molecule is CCCCC(=O)O.CCCCc1ccccc1.CCc1ccc(O)c(C(=O)O)c1.CCc1ccc(OC)c(OC)c1.CCc1ccc([N+](=O)[O-])cc1.CCc1ccoc1.CCc1nccn1C. The third-order valence-electron chi connectivity index (χ3n) is 9.74. The molecule has 0 saturated carbocycles. The minimum atomic E-state index is -1.09. The summed E-state index contributed by atoms with van der Waals surface area (Å²) in [6.07, 6.45) is 17.9. The molecule has 0 unspecified atom stereocenters.